The molecule has 1 heterocycles. The molecule has 15 heavy (non-hydrogen) atoms. The first-order valence-electron chi connectivity index (χ1n) is 6.36. The van der Waals surface area contributed by atoms with Crippen LogP contribution in [0, 0.1) is 17.8 Å². The van der Waals surface area contributed by atoms with Crippen LogP contribution in [-0.2, 0) is 4.79 Å². The van der Waals surface area contributed by atoms with Gasteiger partial charge in [-0.3, -0.25) is 4.79 Å². The molecule has 3 nitrogen and oxygen atoms in total. The van der Waals surface area contributed by atoms with Crippen molar-refractivity contribution in [3.63, 3.8) is 0 Å². The Morgan fingerprint density at radius 1 is 1.20 bits per heavy atom. The van der Waals surface area contributed by atoms with E-state index in [1.54, 1.807) is 0 Å². The minimum absolute atomic E-state index is 0.413. The summed E-state index contributed by atoms with van der Waals surface area (Å²) in [6, 6.07) is 0. The van der Waals surface area contributed by atoms with Gasteiger partial charge in [-0.25, -0.2) is 0 Å². The molecule has 2 atom stereocenters. The highest BCUT2D eigenvalue weighted by atomic mass is 16.2. The van der Waals surface area contributed by atoms with Gasteiger partial charge in [-0.15, -0.1) is 0 Å². The second-order valence-electron chi connectivity index (χ2n) is 5.27. The Labute approximate surface area is 91.2 Å². The standard InChI is InChI=1S/C12H20N2O/c15-12(11-8-10(11)9-2-3-9)14-6-1-4-13-5-7-14/h9-11,13H,1-8H2. The molecule has 2 saturated carbocycles. The Morgan fingerprint density at radius 3 is 2.87 bits per heavy atom. The smallest absolute Gasteiger partial charge is 0.226 e. The molecule has 1 aliphatic heterocycles. The first-order chi connectivity index (χ1) is 7.36. The highest BCUT2D eigenvalue weighted by Gasteiger charge is 2.52. The summed E-state index contributed by atoms with van der Waals surface area (Å²) in [5, 5.41) is 3.34. The molecule has 3 aliphatic rings. The van der Waals surface area contributed by atoms with Crippen LogP contribution < -0.4 is 5.32 Å². The topological polar surface area (TPSA) is 32.3 Å². The number of rotatable bonds is 2. The van der Waals surface area contributed by atoms with Crippen LogP contribution in [0.4, 0.5) is 0 Å². The molecule has 2 unspecified atom stereocenters. The third-order valence-corrected chi connectivity index (χ3v) is 4.04. The van der Waals surface area contributed by atoms with Crippen molar-refractivity contribution in [2.24, 2.45) is 17.8 Å². The average molecular weight is 208 g/mol. The van der Waals surface area contributed by atoms with Crippen molar-refractivity contribution in [2.45, 2.75) is 25.7 Å². The molecule has 0 radical (unpaired) electrons. The predicted molar refractivity (Wildman–Crippen MR) is 58.4 cm³/mol. The quantitative estimate of drug-likeness (QED) is 0.730. The van der Waals surface area contributed by atoms with Gasteiger partial charge in [0, 0.05) is 25.6 Å². The van der Waals surface area contributed by atoms with Crippen LogP contribution in [0.5, 0.6) is 0 Å². The molecular weight excluding hydrogens is 188 g/mol. The minimum Gasteiger partial charge on any atom is -0.341 e. The van der Waals surface area contributed by atoms with Crippen molar-refractivity contribution >= 4 is 5.91 Å². The van der Waals surface area contributed by atoms with E-state index < -0.39 is 0 Å². The first kappa shape index (κ1) is 9.64. The van der Waals surface area contributed by atoms with E-state index in [4.69, 9.17) is 0 Å². The van der Waals surface area contributed by atoms with E-state index in [1.807, 2.05) is 0 Å². The number of amides is 1. The largest absolute Gasteiger partial charge is 0.341 e. The monoisotopic (exact) mass is 208 g/mol. The molecule has 0 aromatic rings. The van der Waals surface area contributed by atoms with Crippen LogP contribution in [0.25, 0.3) is 0 Å². The molecule has 0 aromatic heterocycles. The van der Waals surface area contributed by atoms with E-state index in [0.29, 0.717) is 11.8 Å². The van der Waals surface area contributed by atoms with E-state index in [0.717, 1.165) is 44.4 Å². The van der Waals surface area contributed by atoms with Crippen LogP contribution in [0.15, 0.2) is 0 Å². The molecular formula is C12H20N2O. The van der Waals surface area contributed by atoms with Crippen molar-refractivity contribution in [2.75, 3.05) is 26.2 Å². The molecule has 3 heteroatoms. The lowest BCUT2D eigenvalue weighted by molar-refractivity contribution is -0.132. The summed E-state index contributed by atoms with van der Waals surface area (Å²) in [5.74, 6) is 2.56. The predicted octanol–water partition coefficient (Wildman–Crippen LogP) is 0.854. The fourth-order valence-corrected chi connectivity index (χ4v) is 2.84. The molecule has 1 saturated heterocycles. The second-order valence-corrected chi connectivity index (χ2v) is 5.27. The maximum absolute atomic E-state index is 12.2. The maximum atomic E-state index is 12.2. The third kappa shape index (κ3) is 2.03. The number of hydrogen-bond donors (Lipinski definition) is 1. The van der Waals surface area contributed by atoms with Crippen molar-refractivity contribution in [3.8, 4) is 0 Å². The van der Waals surface area contributed by atoms with Gasteiger partial charge >= 0.3 is 0 Å². The summed E-state index contributed by atoms with van der Waals surface area (Å²) in [6.45, 7) is 3.94. The Morgan fingerprint density at radius 2 is 2.07 bits per heavy atom. The second kappa shape index (κ2) is 3.78. The molecule has 0 bridgehead atoms. The van der Waals surface area contributed by atoms with Crippen LogP contribution in [0.3, 0.4) is 0 Å². The molecule has 0 aromatic carbocycles. The van der Waals surface area contributed by atoms with E-state index in [9.17, 15) is 4.79 Å². The highest BCUT2D eigenvalue weighted by Crippen LogP contribution is 2.54. The van der Waals surface area contributed by atoms with Gasteiger partial charge in [-0.2, -0.15) is 0 Å². The molecule has 3 rings (SSSR count). The fourth-order valence-electron chi connectivity index (χ4n) is 2.84. The van der Waals surface area contributed by atoms with Crippen LogP contribution in [0.2, 0.25) is 0 Å². The summed E-state index contributed by atoms with van der Waals surface area (Å²) >= 11 is 0. The number of carbonyl (C=O) groups excluding carboxylic acids is 1. The zero-order valence-corrected chi connectivity index (χ0v) is 9.24. The van der Waals surface area contributed by atoms with E-state index in [-0.39, 0.29) is 0 Å². The molecule has 0 spiro atoms. The van der Waals surface area contributed by atoms with Crippen LogP contribution >= 0.6 is 0 Å². The average Bonchev–Trinajstić information content (AvgIpc) is 3.06. The number of nitrogens with one attached hydrogen (secondary N) is 1. The molecule has 1 amide bonds. The number of nitrogens with zero attached hydrogens (tertiary/aromatic N) is 1. The zero-order valence-electron chi connectivity index (χ0n) is 9.24. The Kier molecular flexibility index (Phi) is 2.43. The van der Waals surface area contributed by atoms with Crippen molar-refractivity contribution in [3.05, 3.63) is 0 Å². The van der Waals surface area contributed by atoms with Crippen molar-refractivity contribution in [1.82, 2.24) is 10.2 Å². The third-order valence-electron chi connectivity index (χ3n) is 4.04. The minimum atomic E-state index is 0.413. The summed E-state index contributed by atoms with van der Waals surface area (Å²) in [4.78, 5) is 14.2. The molecule has 3 fully saturated rings. The van der Waals surface area contributed by atoms with Crippen LogP contribution in [0.1, 0.15) is 25.7 Å². The summed E-state index contributed by atoms with van der Waals surface area (Å²) in [7, 11) is 0. The lowest BCUT2D eigenvalue weighted by Gasteiger charge is -2.20. The molecule has 2 aliphatic carbocycles. The Bertz CT molecular complexity index is 254. The van der Waals surface area contributed by atoms with Crippen molar-refractivity contribution < 1.29 is 4.79 Å². The zero-order chi connectivity index (χ0) is 10.3. The van der Waals surface area contributed by atoms with Crippen LogP contribution in [-0.4, -0.2) is 37.0 Å². The lowest BCUT2D eigenvalue weighted by atomic mass is 10.2. The van der Waals surface area contributed by atoms with E-state index in [1.165, 1.54) is 19.3 Å². The molecule has 1 N–H and O–H groups in total. The summed E-state index contributed by atoms with van der Waals surface area (Å²) in [5.41, 5.74) is 0. The first-order valence-corrected chi connectivity index (χ1v) is 6.36. The van der Waals surface area contributed by atoms with E-state index in [2.05, 4.69) is 10.2 Å². The van der Waals surface area contributed by atoms with Gasteiger partial charge < -0.3 is 10.2 Å². The van der Waals surface area contributed by atoms with Gasteiger partial charge in [0.15, 0.2) is 0 Å². The van der Waals surface area contributed by atoms with Gasteiger partial charge in [0.1, 0.15) is 0 Å². The highest BCUT2D eigenvalue weighted by molar-refractivity contribution is 5.81. The van der Waals surface area contributed by atoms with Gasteiger partial charge in [-0.05, 0) is 44.1 Å². The number of carbonyl (C=O) groups is 1. The van der Waals surface area contributed by atoms with Crippen molar-refractivity contribution in [1.29, 1.82) is 0 Å². The van der Waals surface area contributed by atoms with E-state index >= 15 is 0 Å². The maximum Gasteiger partial charge on any atom is 0.226 e. The Hall–Kier alpha value is -0.570. The summed E-state index contributed by atoms with van der Waals surface area (Å²) in [6.07, 6.45) is 5.08. The summed E-state index contributed by atoms with van der Waals surface area (Å²) < 4.78 is 0. The molecule has 84 valence electrons. The number of hydrogen-bond acceptors (Lipinski definition) is 2. The van der Waals surface area contributed by atoms with Gasteiger partial charge in [0.2, 0.25) is 5.91 Å². The SMILES string of the molecule is O=C(C1CC1C1CC1)N1CCCNCC1. The normalized spacial score (nSPS) is 36.1. The fraction of sp³-hybridized carbons (Fsp3) is 0.917. The Balaban J connectivity index is 1.54. The van der Waals surface area contributed by atoms with Gasteiger partial charge in [-0.1, -0.05) is 0 Å². The lowest BCUT2D eigenvalue weighted by Crippen LogP contribution is -2.35. The van der Waals surface area contributed by atoms with Gasteiger partial charge in [0.05, 0.1) is 0 Å². The van der Waals surface area contributed by atoms with Gasteiger partial charge in [0.25, 0.3) is 0 Å².